The molecule has 3 rings (SSSR count). The Morgan fingerprint density at radius 1 is 1.50 bits per heavy atom. The smallest absolute Gasteiger partial charge is 0.309 e. The first kappa shape index (κ1) is 6.66. The van der Waals surface area contributed by atoms with Crippen LogP contribution in [0.25, 0.3) is 0 Å². The second-order valence-corrected chi connectivity index (χ2v) is 3.74. The van der Waals surface area contributed by atoms with Gasteiger partial charge in [-0.2, -0.15) is 0 Å². The van der Waals surface area contributed by atoms with Crippen LogP contribution in [0.3, 0.4) is 0 Å². The molecule has 0 aromatic carbocycles. The van der Waals surface area contributed by atoms with Crippen LogP contribution in [-0.4, -0.2) is 23.8 Å². The summed E-state index contributed by atoms with van der Waals surface area (Å²) in [5, 5.41) is 0. The van der Waals surface area contributed by atoms with Crippen molar-refractivity contribution in [3.63, 3.8) is 0 Å². The lowest BCUT2D eigenvalue weighted by Crippen LogP contribution is -2.41. The maximum atomic E-state index is 11.1. The predicted octanol–water partition coefficient (Wildman–Crippen LogP) is 0.791. The van der Waals surface area contributed by atoms with Gasteiger partial charge in [0.25, 0.3) is 0 Å². The maximum Gasteiger partial charge on any atom is 0.309 e. The Kier molecular flexibility index (Phi) is 0.966. The summed E-state index contributed by atoms with van der Waals surface area (Å²) >= 11 is 0. The van der Waals surface area contributed by atoms with Gasteiger partial charge in [-0.3, -0.25) is 4.79 Å². The first-order valence-electron chi connectivity index (χ1n) is 4.30. The molecule has 0 spiro atoms. The average Bonchev–Trinajstić information content (AvgIpc) is 2.44. The zero-order valence-electron chi connectivity index (χ0n) is 6.71. The Labute approximate surface area is 70.3 Å². The number of hydrogen-bond acceptors (Lipinski definition) is 3. The fourth-order valence-corrected chi connectivity index (χ4v) is 2.57. The van der Waals surface area contributed by atoms with Crippen molar-refractivity contribution in [2.24, 2.45) is 0 Å². The van der Waals surface area contributed by atoms with Gasteiger partial charge in [-0.15, -0.1) is 0 Å². The van der Waals surface area contributed by atoms with Crippen LogP contribution < -0.4 is 0 Å². The monoisotopic (exact) mass is 166 g/mol. The van der Waals surface area contributed by atoms with E-state index in [4.69, 9.17) is 9.47 Å². The lowest BCUT2D eigenvalue weighted by atomic mass is 9.85. The van der Waals surface area contributed by atoms with Crippen LogP contribution in [0, 0.1) is 0 Å². The van der Waals surface area contributed by atoms with Crippen LogP contribution >= 0.6 is 0 Å². The highest BCUT2D eigenvalue weighted by Gasteiger charge is 2.65. The molecule has 0 saturated carbocycles. The number of ether oxygens (including phenoxy) is 2. The summed E-state index contributed by atoms with van der Waals surface area (Å²) in [6.45, 7) is 0.720. The highest BCUT2D eigenvalue weighted by atomic mass is 16.6. The van der Waals surface area contributed by atoms with E-state index in [9.17, 15) is 4.79 Å². The Morgan fingerprint density at radius 3 is 3.25 bits per heavy atom. The van der Waals surface area contributed by atoms with Crippen molar-refractivity contribution < 1.29 is 14.3 Å². The Bertz CT molecular complexity index is 283. The summed E-state index contributed by atoms with van der Waals surface area (Å²) in [6.07, 6.45) is 6.16. The first-order chi connectivity index (χ1) is 5.77. The van der Waals surface area contributed by atoms with Crippen LogP contribution in [0.1, 0.15) is 19.3 Å². The lowest BCUT2D eigenvalue weighted by Gasteiger charge is -2.28. The van der Waals surface area contributed by atoms with Gasteiger partial charge in [0.2, 0.25) is 0 Å². The van der Waals surface area contributed by atoms with Gasteiger partial charge in [0.05, 0.1) is 13.0 Å². The molecule has 0 N–H and O–H groups in total. The van der Waals surface area contributed by atoms with Gasteiger partial charge in [0, 0.05) is 12.8 Å². The van der Waals surface area contributed by atoms with E-state index in [-0.39, 0.29) is 17.2 Å². The normalized spacial score (nSPS) is 49.2. The zero-order chi connectivity index (χ0) is 8.23. The molecule has 3 heteroatoms. The van der Waals surface area contributed by atoms with Gasteiger partial charge in [0.1, 0.15) is 5.60 Å². The van der Waals surface area contributed by atoms with Crippen molar-refractivity contribution in [2.75, 3.05) is 6.61 Å². The molecule has 64 valence electrons. The van der Waals surface area contributed by atoms with Crippen molar-refractivity contribution in [1.29, 1.82) is 0 Å². The van der Waals surface area contributed by atoms with E-state index in [0.717, 1.165) is 19.4 Å². The third-order valence-electron chi connectivity index (χ3n) is 3.19. The van der Waals surface area contributed by atoms with Crippen LogP contribution in [0.2, 0.25) is 0 Å². The number of rotatable bonds is 0. The van der Waals surface area contributed by atoms with Crippen molar-refractivity contribution >= 4 is 5.97 Å². The van der Waals surface area contributed by atoms with Gasteiger partial charge in [0.15, 0.2) is 5.60 Å². The van der Waals surface area contributed by atoms with E-state index >= 15 is 0 Å². The van der Waals surface area contributed by atoms with Crippen molar-refractivity contribution in [1.82, 2.24) is 0 Å². The fraction of sp³-hybridized carbons (Fsp3) is 0.667. The van der Waals surface area contributed by atoms with Gasteiger partial charge in [-0.25, -0.2) is 0 Å². The standard InChI is InChI=1S/C9H10O3/c10-7-6-9-3-1-2-8(9,12-7)4-5-11-9/h1,3H,2,4-6H2/t8-,9-/m1/s1. The van der Waals surface area contributed by atoms with E-state index in [1.165, 1.54) is 0 Å². The van der Waals surface area contributed by atoms with Crippen molar-refractivity contribution in [2.45, 2.75) is 30.5 Å². The first-order valence-corrected chi connectivity index (χ1v) is 4.30. The van der Waals surface area contributed by atoms with E-state index in [1.807, 2.05) is 6.08 Å². The van der Waals surface area contributed by atoms with Crippen LogP contribution in [-0.2, 0) is 14.3 Å². The molecule has 2 aliphatic heterocycles. The molecule has 0 amide bonds. The Hall–Kier alpha value is -0.830. The highest BCUT2D eigenvalue weighted by Crippen LogP contribution is 2.53. The van der Waals surface area contributed by atoms with Gasteiger partial charge in [-0.05, 0) is 0 Å². The van der Waals surface area contributed by atoms with E-state index < -0.39 is 0 Å². The molecule has 0 bridgehead atoms. The van der Waals surface area contributed by atoms with Crippen LogP contribution in [0.15, 0.2) is 12.2 Å². The molecule has 2 atom stereocenters. The van der Waals surface area contributed by atoms with Crippen molar-refractivity contribution in [3.05, 3.63) is 12.2 Å². The Morgan fingerprint density at radius 2 is 2.42 bits per heavy atom. The molecule has 12 heavy (non-hydrogen) atoms. The third-order valence-corrected chi connectivity index (χ3v) is 3.19. The molecule has 3 aliphatic rings. The second-order valence-electron chi connectivity index (χ2n) is 3.74. The molecule has 0 aromatic rings. The lowest BCUT2D eigenvalue weighted by molar-refractivity contribution is -0.148. The maximum absolute atomic E-state index is 11.1. The SMILES string of the molecule is O=C1C[C@]23C=CC[C@]2(CCO3)O1. The number of hydrogen-bond donors (Lipinski definition) is 0. The molecular weight excluding hydrogens is 156 g/mol. The summed E-state index contributed by atoms with van der Waals surface area (Å²) in [7, 11) is 0. The van der Waals surface area contributed by atoms with Crippen molar-refractivity contribution in [3.8, 4) is 0 Å². The predicted molar refractivity (Wildman–Crippen MR) is 40.5 cm³/mol. The van der Waals surface area contributed by atoms with Gasteiger partial charge in [-0.1, -0.05) is 12.2 Å². The van der Waals surface area contributed by atoms with E-state index in [0.29, 0.717) is 6.42 Å². The minimum absolute atomic E-state index is 0.112. The van der Waals surface area contributed by atoms with Crippen LogP contribution in [0.4, 0.5) is 0 Å². The van der Waals surface area contributed by atoms with Crippen LogP contribution in [0.5, 0.6) is 0 Å². The van der Waals surface area contributed by atoms with Gasteiger partial charge < -0.3 is 9.47 Å². The molecule has 2 saturated heterocycles. The minimum Gasteiger partial charge on any atom is -0.455 e. The van der Waals surface area contributed by atoms with E-state index in [2.05, 4.69) is 6.08 Å². The quantitative estimate of drug-likeness (QED) is 0.394. The summed E-state index contributed by atoms with van der Waals surface area (Å²) in [5.74, 6) is -0.112. The average molecular weight is 166 g/mol. The molecule has 1 aliphatic carbocycles. The number of esters is 1. The second kappa shape index (κ2) is 1.74. The molecule has 2 fully saturated rings. The molecule has 3 nitrogen and oxygen atoms in total. The Balaban J connectivity index is 2.12. The third kappa shape index (κ3) is 0.524. The number of carbonyl (C=O) groups is 1. The zero-order valence-corrected chi connectivity index (χ0v) is 6.71. The molecule has 0 unspecified atom stereocenters. The fourth-order valence-electron chi connectivity index (χ4n) is 2.57. The summed E-state index contributed by atoms with van der Waals surface area (Å²) < 4.78 is 11.0. The number of carbonyl (C=O) groups excluding carboxylic acids is 1. The molecule has 0 aromatic heterocycles. The molecule has 0 radical (unpaired) electrons. The topological polar surface area (TPSA) is 35.5 Å². The highest BCUT2D eigenvalue weighted by molar-refractivity contribution is 5.76. The minimum atomic E-state index is -0.385. The molecule has 2 heterocycles. The largest absolute Gasteiger partial charge is 0.455 e. The molecular formula is C9H10O3. The van der Waals surface area contributed by atoms with Gasteiger partial charge >= 0.3 is 5.97 Å². The summed E-state index contributed by atoms with van der Waals surface area (Å²) in [4.78, 5) is 11.1. The van der Waals surface area contributed by atoms with E-state index in [1.54, 1.807) is 0 Å². The summed E-state index contributed by atoms with van der Waals surface area (Å²) in [6, 6.07) is 0. The summed E-state index contributed by atoms with van der Waals surface area (Å²) in [5.41, 5.74) is -0.700.